The van der Waals surface area contributed by atoms with Crippen LogP contribution in [0.25, 0.3) is 5.65 Å². The molecule has 166 valence electrons. The standard InChI is InChI=1S/C19H19ClF3N5O2S/c1-26(31(2,29)30)18(19(21,22)23)12-5-7-13(8-6-12)27-9-3-4-14-15(27)11-24-17-10-16(20)25-28(14)17/h5-8,10-11,18H,3-4,9H2,1-2H3/t18-/m0/s1. The highest BCUT2D eigenvalue weighted by Crippen LogP contribution is 2.40. The van der Waals surface area contributed by atoms with Crippen molar-refractivity contribution in [2.24, 2.45) is 0 Å². The summed E-state index contributed by atoms with van der Waals surface area (Å²) in [4.78, 5) is 6.32. The van der Waals surface area contributed by atoms with Gasteiger partial charge in [0.1, 0.15) is 6.04 Å². The van der Waals surface area contributed by atoms with E-state index in [1.54, 1.807) is 28.9 Å². The first-order valence-corrected chi connectivity index (χ1v) is 11.6. The van der Waals surface area contributed by atoms with Gasteiger partial charge in [0.2, 0.25) is 10.0 Å². The molecule has 1 aliphatic rings. The molecule has 3 aromatic rings. The summed E-state index contributed by atoms with van der Waals surface area (Å²) in [7, 11) is -3.12. The molecule has 1 aromatic carbocycles. The number of aryl methyl sites for hydroxylation is 1. The summed E-state index contributed by atoms with van der Waals surface area (Å²) in [6.07, 6.45) is -0.735. The van der Waals surface area contributed by atoms with E-state index in [1.165, 1.54) is 12.1 Å². The molecule has 0 unspecified atom stereocenters. The van der Waals surface area contributed by atoms with Gasteiger partial charge in [-0.2, -0.15) is 22.6 Å². The van der Waals surface area contributed by atoms with Gasteiger partial charge in [0.25, 0.3) is 0 Å². The van der Waals surface area contributed by atoms with E-state index in [0.717, 1.165) is 37.5 Å². The Balaban J connectivity index is 1.71. The van der Waals surface area contributed by atoms with Crippen LogP contribution in [0.2, 0.25) is 5.15 Å². The van der Waals surface area contributed by atoms with Crippen LogP contribution in [0.4, 0.5) is 24.5 Å². The minimum atomic E-state index is -4.76. The molecule has 0 aliphatic carbocycles. The van der Waals surface area contributed by atoms with E-state index in [2.05, 4.69) is 10.1 Å². The lowest BCUT2D eigenvalue weighted by Crippen LogP contribution is -2.39. The van der Waals surface area contributed by atoms with E-state index >= 15 is 0 Å². The number of benzene rings is 1. The average molecular weight is 474 g/mol. The fourth-order valence-corrected chi connectivity index (χ4v) is 4.63. The van der Waals surface area contributed by atoms with Gasteiger partial charge in [-0.3, -0.25) is 0 Å². The summed E-state index contributed by atoms with van der Waals surface area (Å²) in [6.45, 7) is 0.653. The van der Waals surface area contributed by atoms with Crippen LogP contribution in [0.15, 0.2) is 36.5 Å². The van der Waals surface area contributed by atoms with E-state index in [4.69, 9.17) is 11.6 Å². The van der Waals surface area contributed by atoms with Crippen molar-refractivity contribution in [1.82, 2.24) is 18.9 Å². The predicted octanol–water partition coefficient (Wildman–Crippen LogP) is 3.96. The molecule has 7 nitrogen and oxygen atoms in total. The maximum absolute atomic E-state index is 13.6. The van der Waals surface area contributed by atoms with Crippen LogP contribution in [0.5, 0.6) is 0 Å². The first kappa shape index (κ1) is 21.8. The smallest absolute Gasteiger partial charge is 0.339 e. The Morgan fingerprint density at radius 3 is 2.52 bits per heavy atom. The van der Waals surface area contributed by atoms with Crippen LogP contribution in [0.3, 0.4) is 0 Å². The predicted molar refractivity (Wildman–Crippen MR) is 111 cm³/mol. The largest absolute Gasteiger partial charge is 0.409 e. The van der Waals surface area contributed by atoms with Crippen LogP contribution in [-0.4, -0.2) is 53.3 Å². The first-order chi connectivity index (χ1) is 14.5. The third-order valence-corrected chi connectivity index (χ3v) is 6.78. The van der Waals surface area contributed by atoms with E-state index in [0.29, 0.717) is 27.3 Å². The van der Waals surface area contributed by atoms with E-state index < -0.39 is 22.2 Å². The molecule has 31 heavy (non-hydrogen) atoms. The summed E-state index contributed by atoms with van der Waals surface area (Å²) in [5.41, 5.74) is 2.85. The molecule has 3 heterocycles. The molecule has 0 fully saturated rings. The van der Waals surface area contributed by atoms with Gasteiger partial charge in [0.15, 0.2) is 10.8 Å². The molecular formula is C19H19ClF3N5O2S. The molecule has 0 bridgehead atoms. The molecule has 0 spiro atoms. The molecule has 0 radical (unpaired) electrons. The van der Waals surface area contributed by atoms with Crippen LogP contribution >= 0.6 is 11.6 Å². The fourth-order valence-electron chi connectivity index (χ4n) is 3.83. The molecule has 0 amide bonds. The molecule has 0 saturated carbocycles. The Labute approximate surface area is 182 Å². The Bertz CT molecular complexity index is 1230. The van der Waals surface area contributed by atoms with Gasteiger partial charge in [0.05, 0.1) is 23.8 Å². The zero-order chi connectivity index (χ0) is 22.6. The monoisotopic (exact) mass is 473 g/mol. The van der Waals surface area contributed by atoms with Crippen molar-refractivity contribution in [2.75, 3.05) is 24.7 Å². The maximum atomic E-state index is 13.6. The lowest BCUT2D eigenvalue weighted by atomic mass is 10.0. The number of rotatable bonds is 4. The molecular weight excluding hydrogens is 455 g/mol. The number of fused-ring (bicyclic) bond motifs is 3. The van der Waals surface area contributed by atoms with Crippen molar-refractivity contribution >= 4 is 38.6 Å². The number of alkyl halides is 3. The summed E-state index contributed by atoms with van der Waals surface area (Å²) in [5.74, 6) is 0. The number of nitrogens with zero attached hydrogens (tertiary/aromatic N) is 5. The van der Waals surface area contributed by atoms with Crippen molar-refractivity contribution in [2.45, 2.75) is 25.1 Å². The quantitative estimate of drug-likeness (QED) is 0.573. The zero-order valence-corrected chi connectivity index (χ0v) is 18.2. The van der Waals surface area contributed by atoms with E-state index in [1.807, 2.05) is 4.90 Å². The Morgan fingerprint density at radius 1 is 1.23 bits per heavy atom. The molecule has 1 aliphatic heterocycles. The van der Waals surface area contributed by atoms with Crippen LogP contribution in [0.1, 0.15) is 23.7 Å². The van der Waals surface area contributed by atoms with Crippen LogP contribution in [0, 0.1) is 0 Å². The SMILES string of the molecule is CN([C@@H](c1ccc(N2CCCc3c2cnc2cc(Cl)nn32)cc1)C(F)(F)F)S(C)(=O)=O. The number of hydrogen-bond donors (Lipinski definition) is 0. The summed E-state index contributed by atoms with van der Waals surface area (Å²) in [6, 6.07) is 5.11. The van der Waals surface area contributed by atoms with E-state index in [9.17, 15) is 21.6 Å². The third-order valence-electron chi connectivity index (χ3n) is 5.33. The van der Waals surface area contributed by atoms with Gasteiger partial charge in [-0.1, -0.05) is 23.7 Å². The van der Waals surface area contributed by atoms with Crippen molar-refractivity contribution in [3.05, 3.63) is 52.9 Å². The number of sulfonamides is 1. The molecule has 0 saturated heterocycles. The molecule has 1 atom stereocenters. The second-order valence-electron chi connectivity index (χ2n) is 7.40. The minimum Gasteiger partial charge on any atom is -0.339 e. The summed E-state index contributed by atoms with van der Waals surface area (Å²) < 4.78 is 66.4. The van der Waals surface area contributed by atoms with Gasteiger partial charge >= 0.3 is 6.18 Å². The third kappa shape index (κ3) is 4.09. The first-order valence-electron chi connectivity index (χ1n) is 9.37. The lowest BCUT2D eigenvalue weighted by molar-refractivity contribution is -0.171. The molecule has 4 rings (SSSR count). The highest BCUT2D eigenvalue weighted by Gasteiger charge is 2.46. The second-order valence-corrected chi connectivity index (χ2v) is 9.83. The van der Waals surface area contributed by atoms with Crippen molar-refractivity contribution in [1.29, 1.82) is 0 Å². The fraction of sp³-hybridized carbons (Fsp3) is 0.368. The number of halogens is 4. The highest BCUT2D eigenvalue weighted by atomic mass is 35.5. The molecule has 0 N–H and O–H groups in total. The Morgan fingerprint density at radius 2 is 1.90 bits per heavy atom. The molecule has 12 heteroatoms. The highest BCUT2D eigenvalue weighted by molar-refractivity contribution is 7.88. The maximum Gasteiger partial charge on any atom is 0.409 e. The van der Waals surface area contributed by atoms with Crippen LogP contribution in [-0.2, 0) is 16.4 Å². The number of hydrogen-bond acceptors (Lipinski definition) is 5. The van der Waals surface area contributed by atoms with Crippen LogP contribution < -0.4 is 4.90 Å². The van der Waals surface area contributed by atoms with Crippen molar-refractivity contribution in [3.63, 3.8) is 0 Å². The Kier molecular flexibility index (Phi) is 5.39. The van der Waals surface area contributed by atoms with E-state index in [-0.39, 0.29) is 5.56 Å². The molecule has 2 aromatic heterocycles. The summed E-state index contributed by atoms with van der Waals surface area (Å²) >= 11 is 6.00. The normalized spacial score (nSPS) is 16.0. The average Bonchev–Trinajstić information content (AvgIpc) is 3.07. The van der Waals surface area contributed by atoms with Gasteiger partial charge in [-0.25, -0.2) is 17.9 Å². The second kappa shape index (κ2) is 7.64. The van der Waals surface area contributed by atoms with Gasteiger partial charge in [0, 0.05) is 25.3 Å². The van der Waals surface area contributed by atoms with Crippen molar-refractivity contribution < 1.29 is 21.6 Å². The Hall–Kier alpha value is -2.37. The lowest BCUT2D eigenvalue weighted by Gasteiger charge is -2.32. The topological polar surface area (TPSA) is 70.8 Å². The van der Waals surface area contributed by atoms with Gasteiger partial charge < -0.3 is 4.90 Å². The number of anilines is 2. The van der Waals surface area contributed by atoms with Crippen molar-refractivity contribution in [3.8, 4) is 0 Å². The van der Waals surface area contributed by atoms with Gasteiger partial charge in [-0.15, -0.1) is 0 Å². The minimum absolute atomic E-state index is 0.158. The number of aromatic nitrogens is 3. The summed E-state index contributed by atoms with van der Waals surface area (Å²) in [5, 5.41) is 4.60. The zero-order valence-electron chi connectivity index (χ0n) is 16.6. The van der Waals surface area contributed by atoms with Gasteiger partial charge in [-0.05, 0) is 30.5 Å².